The van der Waals surface area contributed by atoms with Crippen LogP contribution in [0.3, 0.4) is 0 Å². The third kappa shape index (κ3) is 3.40. The van der Waals surface area contributed by atoms with Gasteiger partial charge in [-0.15, -0.1) is 11.3 Å². The molecule has 0 saturated carbocycles. The maximum absolute atomic E-state index is 11.7. The second kappa shape index (κ2) is 5.32. The molecule has 5 nitrogen and oxygen atoms in total. The molecule has 0 aliphatic heterocycles. The maximum Gasteiger partial charge on any atom is 0.234 e. The van der Waals surface area contributed by atoms with Crippen molar-refractivity contribution in [1.82, 2.24) is 4.98 Å². The van der Waals surface area contributed by atoms with E-state index in [9.17, 15) is 8.42 Å². The minimum Gasteiger partial charge on any atom is -0.396 e. The van der Waals surface area contributed by atoms with Gasteiger partial charge >= 0.3 is 0 Å². The zero-order valence-electron chi connectivity index (χ0n) is 9.48. The highest BCUT2D eigenvalue weighted by molar-refractivity contribution is 7.92. The number of rotatable bonds is 6. The van der Waals surface area contributed by atoms with Crippen molar-refractivity contribution in [3.8, 4) is 0 Å². The molecule has 2 rings (SSSR count). The summed E-state index contributed by atoms with van der Waals surface area (Å²) in [7, 11) is -3.31. The van der Waals surface area contributed by atoms with Gasteiger partial charge in [-0.3, -0.25) is 4.72 Å². The molecule has 0 saturated heterocycles. The number of aryl methyl sites for hydroxylation is 2. The maximum atomic E-state index is 11.7. The first-order chi connectivity index (χ1) is 8.11. The second-order valence-electron chi connectivity index (χ2n) is 4.09. The van der Waals surface area contributed by atoms with Gasteiger partial charge in [0.1, 0.15) is 0 Å². The van der Waals surface area contributed by atoms with Crippen LogP contribution in [0.2, 0.25) is 0 Å². The molecule has 96 valence electrons. The van der Waals surface area contributed by atoms with E-state index in [0.717, 1.165) is 25.0 Å². The van der Waals surface area contributed by atoms with Crippen LogP contribution in [0, 0.1) is 0 Å². The zero-order valence-corrected chi connectivity index (χ0v) is 11.1. The molecular weight excluding hydrogens is 260 g/mol. The summed E-state index contributed by atoms with van der Waals surface area (Å²) in [5, 5.41) is 9.09. The first-order valence-electron chi connectivity index (χ1n) is 5.70. The van der Waals surface area contributed by atoms with Gasteiger partial charge in [0.2, 0.25) is 10.0 Å². The fraction of sp³-hybridized carbons (Fsp3) is 0.700. The van der Waals surface area contributed by atoms with E-state index in [0.29, 0.717) is 18.0 Å². The van der Waals surface area contributed by atoms with Crippen molar-refractivity contribution in [2.45, 2.75) is 32.1 Å². The lowest BCUT2D eigenvalue weighted by Crippen LogP contribution is -2.16. The van der Waals surface area contributed by atoms with E-state index in [-0.39, 0.29) is 12.4 Å². The third-order valence-corrected chi connectivity index (χ3v) is 5.19. The number of nitrogens with one attached hydrogen (secondary N) is 1. The van der Waals surface area contributed by atoms with E-state index >= 15 is 0 Å². The normalized spacial score (nSPS) is 14.9. The van der Waals surface area contributed by atoms with Gasteiger partial charge in [-0.1, -0.05) is 0 Å². The fourth-order valence-corrected chi connectivity index (χ4v) is 4.27. The van der Waals surface area contributed by atoms with Crippen molar-refractivity contribution in [2.75, 3.05) is 17.1 Å². The van der Waals surface area contributed by atoms with Crippen molar-refractivity contribution in [2.24, 2.45) is 0 Å². The van der Waals surface area contributed by atoms with Crippen LogP contribution in [0.15, 0.2) is 0 Å². The highest BCUT2D eigenvalue weighted by Crippen LogP contribution is 2.30. The number of aliphatic hydroxyl groups is 1. The van der Waals surface area contributed by atoms with Crippen LogP contribution < -0.4 is 4.72 Å². The summed E-state index contributed by atoms with van der Waals surface area (Å²) in [6.07, 6.45) is 4.07. The summed E-state index contributed by atoms with van der Waals surface area (Å²) in [4.78, 5) is 5.49. The Hall–Kier alpha value is -0.660. The van der Waals surface area contributed by atoms with Crippen molar-refractivity contribution in [3.05, 3.63) is 10.6 Å². The Morgan fingerprint density at radius 3 is 2.88 bits per heavy atom. The summed E-state index contributed by atoms with van der Waals surface area (Å²) in [5.41, 5.74) is 1.04. The summed E-state index contributed by atoms with van der Waals surface area (Å²) >= 11 is 1.44. The molecule has 0 amide bonds. The number of hydrogen-bond acceptors (Lipinski definition) is 5. The molecule has 1 aliphatic rings. The van der Waals surface area contributed by atoms with Gasteiger partial charge in [0, 0.05) is 11.5 Å². The molecule has 0 fully saturated rings. The molecule has 1 aromatic heterocycles. The van der Waals surface area contributed by atoms with Gasteiger partial charge in [-0.05, 0) is 32.1 Å². The lowest BCUT2D eigenvalue weighted by atomic mass is 10.4. The lowest BCUT2D eigenvalue weighted by Gasteiger charge is -2.04. The molecule has 0 spiro atoms. The van der Waals surface area contributed by atoms with Crippen LogP contribution >= 0.6 is 11.3 Å². The summed E-state index contributed by atoms with van der Waals surface area (Å²) in [5.74, 6) is 0.0395. The first kappa shape index (κ1) is 12.8. The predicted molar refractivity (Wildman–Crippen MR) is 67.9 cm³/mol. The average molecular weight is 276 g/mol. The number of anilines is 1. The Labute approximate surface area is 105 Å². The molecule has 0 bridgehead atoms. The molecule has 2 N–H and O–H groups in total. The first-order valence-corrected chi connectivity index (χ1v) is 8.17. The molecule has 1 heterocycles. The monoisotopic (exact) mass is 276 g/mol. The van der Waals surface area contributed by atoms with E-state index in [1.54, 1.807) is 0 Å². The highest BCUT2D eigenvalue weighted by Gasteiger charge is 2.19. The van der Waals surface area contributed by atoms with Crippen molar-refractivity contribution < 1.29 is 13.5 Å². The summed E-state index contributed by atoms with van der Waals surface area (Å²) < 4.78 is 25.9. The fourth-order valence-electron chi connectivity index (χ4n) is 1.82. The quantitative estimate of drug-likeness (QED) is 0.764. The van der Waals surface area contributed by atoms with Crippen molar-refractivity contribution in [1.29, 1.82) is 0 Å². The summed E-state index contributed by atoms with van der Waals surface area (Å²) in [6, 6.07) is 0. The number of aromatic nitrogens is 1. The summed E-state index contributed by atoms with van der Waals surface area (Å²) in [6.45, 7) is 0.0288. The molecule has 0 radical (unpaired) electrons. The van der Waals surface area contributed by atoms with Crippen LogP contribution in [0.5, 0.6) is 0 Å². The van der Waals surface area contributed by atoms with Gasteiger partial charge in [0.15, 0.2) is 5.13 Å². The number of sulfonamides is 1. The number of thiazole rings is 1. The van der Waals surface area contributed by atoms with Crippen LogP contribution in [-0.2, 0) is 22.9 Å². The van der Waals surface area contributed by atoms with E-state index in [1.807, 2.05) is 0 Å². The molecule has 0 atom stereocenters. The van der Waals surface area contributed by atoms with Crippen LogP contribution in [-0.4, -0.2) is 30.9 Å². The minimum atomic E-state index is -3.31. The Kier molecular flexibility index (Phi) is 4.01. The average Bonchev–Trinajstić information content (AvgIpc) is 2.77. The van der Waals surface area contributed by atoms with E-state index in [1.165, 1.54) is 16.2 Å². The Morgan fingerprint density at radius 2 is 2.18 bits per heavy atom. The molecule has 7 heteroatoms. The van der Waals surface area contributed by atoms with Gasteiger partial charge in [-0.2, -0.15) is 0 Å². The number of nitrogens with zero attached hydrogens (tertiary/aromatic N) is 1. The lowest BCUT2D eigenvalue weighted by molar-refractivity contribution is 0.287. The van der Waals surface area contributed by atoms with E-state index in [4.69, 9.17) is 5.11 Å². The van der Waals surface area contributed by atoms with Gasteiger partial charge in [0.05, 0.1) is 11.4 Å². The number of aliphatic hydroxyl groups excluding tert-OH is 1. The molecule has 1 aromatic rings. The molecule has 0 aromatic carbocycles. The number of fused-ring (bicyclic) bond motifs is 1. The second-order valence-corrected chi connectivity index (χ2v) is 7.02. The van der Waals surface area contributed by atoms with E-state index < -0.39 is 10.0 Å². The van der Waals surface area contributed by atoms with Crippen molar-refractivity contribution >= 4 is 26.5 Å². The number of unbranched alkanes of at least 4 members (excludes halogenated alkanes) is 1. The van der Waals surface area contributed by atoms with Crippen LogP contribution in [0.1, 0.15) is 29.8 Å². The Bertz CT molecular complexity index is 460. The van der Waals surface area contributed by atoms with Gasteiger partial charge in [-0.25, -0.2) is 13.4 Å². The van der Waals surface area contributed by atoms with Gasteiger partial charge in [0.25, 0.3) is 0 Å². The van der Waals surface area contributed by atoms with E-state index in [2.05, 4.69) is 9.71 Å². The third-order valence-electron chi connectivity index (χ3n) is 2.66. The number of hydrogen-bond donors (Lipinski definition) is 2. The largest absolute Gasteiger partial charge is 0.396 e. The molecule has 17 heavy (non-hydrogen) atoms. The Morgan fingerprint density at radius 1 is 1.35 bits per heavy atom. The highest BCUT2D eigenvalue weighted by atomic mass is 32.2. The molecule has 0 unspecified atom stereocenters. The van der Waals surface area contributed by atoms with Crippen LogP contribution in [0.4, 0.5) is 5.13 Å². The van der Waals surface area contributed by atoms with Crippen molar-refractivity contribution in [3.63, 3.8) is 0 Å². The minimum absolute atomic E-state index is 0.0288. The standard InChI is InChI=1S/C10H16N2O3S2/c13-6-1-2-7-17(14,15)12-10-11-8-4-3-5-9(8)16-10/h13H,1-7H2,(H,11,12). The van der Waals surface area contributed by atoms with Gasteiger partial charge < -0.3 is 5.11 Å². The topological polar surface area (TPSA) is 79.3 Å². The zero-order chi connectivity index (χ0) is 12.3. The smallest absolute Gasteiger partial charge is 0.234 e. The predicted octanol–water partition coefficient (Wildman–Crippen LogP) is 1.15. The molecule has 1 aliphatic carbocycles. The molecular formula is C10H16N2O3S2. The SMILES string of the molecule is O=S(=O)(CCCCO)Nc1nc2c(s1)CCC2. The Balaban J connectivity index is 1.95. The van der Waals surface area contributed by atoms with Crippen LogP contribution in [0.25, 0.3) is 0 Å².